The minimum atomic E-state index is -0.289. The van der Waals surface area contributed by atoms with Gasteiger partial charge in [0.05, 0.1) is 25.8 Å². The van der Waals surface area contributed by atoms with Crippen molar-refractivity contribution in [2.24, 2.45) is 5.92 Å². The number of amides is 1. The van der Waals surface area contributed by atoms with Crippen LogP contribution in [0.3, 0.4) is 0 Å². The summed E-state index contributed by atoms with van der Waals surface area (Å²) in [6.07, 6.45) is -0.198. The van der Waals surface area contributed by atoms with Crippen LogP contribution in [-0.2, 0) is 29.3 Å². The van der Waals surface area contributed by atoms with Crippen LogP contribution in [0, 0.1) is 11.7 Å². The molecule has 0 bridgehead atoms. The van der Waals surface area contributed by atoms with Crippen molar-refractivity contribution in [3.8, 4) is 0 Å². The molecule has 1 aromatic carbocycles. The van der Waals surface area contributed by atoms with Crippen molar-refractivity contribution < 1.29 is 23.4 Å². The highest BCUT2D eigenvalue weighted by atomic mass is 19.1. The third kappa shape index (κ3) is 6.39. The molecule has 0 aliphatic carbocycles. The Balaban J connectivity index is 1.69. The molecule has 0 spiro atoms. The highest BCUT2D eigenvalue weighted by Crippen LogP contribution is 2.17. The van der Waals surface area contributed by atoms with Crippen molar-refractivity contribution in [3.05, 3.63) is 59.3 Å². The number of furan rings is 1. The first kappa shape index (κ1) is 21.5. The SMILES string of the molecule is CC(C)CN1C[C@@H](OCc2cccc(F)c2)CN(Cc2ccc(CO)o2)CC1=O. The zero-order chi connectivity index (χ0) is 20.8. The summed E-state index contributed by atoms with van der Waals surface area (Å²) < 4.78 is 25.1. The number of rotatable bonds is 8. The summed E-state index contributed by atoms with van der Waals surface area (Å²) in [4.78, 5) is 16.6. The summed E-state index contributed by atoms with van der Waals surface area (Å²) in [5, 5.41) is 9.19. The largest absolute Gasteiger partial charge is 0.462 e. The third-order valence-corrected chi connectivity index (χ3v) is 4.81. The number of hydrogen-bond donors (Lipinski definition) is 1. The summed E-state index contributed by atoms with van der Waals surface area (Å²) in [5.74, 6) is 1.32. The van der Waals surface area contributed by atoms with E-state index in [0.717, 1.165) is 5.56 Å². The van der Waals surface area contributed by atoms with Crippen LogP contribution in [0.4, 0.5) is 4.39 Å². The summed E-state index contributed by atoms with van der Waals surface area (Å²) in [7, 11) is 0. The number of carbonyl (C=O) groups is 1. The standard InChI is InChI=1S/C22H29FN2O4/c1-16(2)9-25-12-21(28-15-17-4-3-5-18(23)8-17)11-24(13-22(25)27)10-19-6-7-20(14-26)29-19/h3-8,16,21,26H,9-15H2,1-2H3/t21-/m0/s1. The molecular formula is C22H29FN2O4. The minimum absolute atomic E-state index is 0.0597. The second-order valence-corrected chi connectivity index (χ2v) is 7.95. The van der Waals surface area contributed by atoms with E-state index in [0.29, 0.717) is 43.6 Å². The fourth-order valence-corrected chi connectivity index (χ4v) is 3.55. The number of aliphatic hydroxyl groups excluding tert-OH is 1. The van der Waals surface area contributed by atoms with Crippen LogP contribution in [-0.4, -0.2) is 53.1 Å². The van der Waals surface area contributed by atoms with E-state index in [1.54, 1.807) is 12.1 Å². The molecule has 3 rings (SSSR count). The van der Waals surface area contributed by atoms with Gasteiger partial charge in [0.2, 0.25) is 5.91 Å². The lowest BCUT2D eigenvalue weighted by Crippen LogP contribution is -2.40. The predicted octanol–water partition coefficient (Wildman–Crippen LogP) is 2.80. The van der Waals surface area contributed by atoms with Crippen molar-refractivity contribution in [1.82, 2.24) is 9.80 Å². The Labute approximate surface area is 170 Å². The summed E-state index contributed by atoms with van der Waals surface area (Å²) in [5.41, 5.74) is 0.765. The van der Waals surface area contributed by atoms with Crippen LogP contribution in [0.25, 0.3) is 0 Å². The average Bonchev–Trinajstić information content (AvgIpc) is 3.06. The number of aliphatic hydroxyl groups is 1. The smallest absolute Gasteiger partial charge is 0.236 e. The Kier molecular flexibility index (Phi) is 7.41. The van der Waals surface area contributed by atoms with E-state index in [1.807, 2.05) is 21.9 Å². The van der Waals surface area contributed by atoms with Crippen molar-refractivity contribution in [2.75, 3.05) is 26.2 Å². The summed E-state index contributed by atoms with van der Waals surface area (Å²) >= 11 is 0. The molecule has 0 unspecified atom stereocenters. The molecule has 7 heteroatoms. The summed E-state index contributed by atoms with van der Waals surface area (Å²) in [6.45, 7) is 6.77. The van der Waals surface area contributed by atoms with Gasteiger partial charge in [0.1, 0.15) is 23.9 Å². The lowest BCUT2D eigenvalue weighted by molar-refractivity contribution is -0.132. The van der Waals surface area contributed by atoms with Gasteiger partial charge in [0.25, 0.3) is 0 Å². The van der Waals surface area contributed by atoms with E-state index in [2.05, 4.69) is 13.8 Å². The van der Waals surface area contributed by atoms with Crippen LogP contribution in [0.15, 0.2) is 40.8 Å². The van der Waals surface area contributed by atoms with Crippen molar-refractivity contribution in [1.29, 1.82) is 0 Å². The lowest BCUT2D eigenvalue weighted by Gasteiger charge is -2.26. The predicted molar refractivity (Wildman–Crippen MR) is 106 cm³/mol. The molecule has 6 nitrogen and oxygen atoms in total. The molecule has 1 amide bonds. The maximum Gasteiger partial charge on any atom is 0.236 e. The van der Waals surface area contributed by atoms with Crippen molar-refractivity contribution in [2.45, 2.75) is 39.7 Å². The van der Waals surface area contributed by atoms with Gasteiger partial charge in [-0.2, -0.15) is 0 Å². The number of halogens is 1. The van der Waals surface area contributed by atoms with Gasteiger partial charge in [0.15, 0.2) is 0 Å². The highest BCUT2D eigenvalue weighted by Gasteiger charge is 2.29. The zero-order valence-corrected chi connectivity index (χ0v) is 17.0. The highest BCUT2D eigenvalue weighted by molar-refractivity contribution is 5.78. The fraction of sp³-hybridized carbons (Fsp3) is 0.500. The molecule has 0 radical (unpaired) electrons. The first-order valence-electron chi connectivity index (χ1n) is 9.97. The van der Waals surface area contributed by atoms with E-state index in [9.17, 15) is 14.3 Å². The number of benzene rings is 1. The molecule has 158 valence electrons. The Hall–Kier alpha value is -2.22. The van der Waals surface area contributed by atoms with Gasteiger partial charge >= 0.3 is 0 Å². The monoisotopic (exact) mass is 404 g/mol. The molecule has 0 saturated carbocycles. The maximum atomic E-state index is 13.4. The van der Waals surface area contributed by atoms with Crippen LogP contribution >= 0.6 is 0 Å². The summed E-state index contributed by atoms with van der Waals surface area (Å²) in [6, 6.07) is 9.91. The Bertz CT molecular complexity index is 808. The molecule has 29 heavy (non-hydrogen) atoms. The molecule has 1 aliphatic rings. The fourth-order valence-electron chi connectivity index (χ4n) is 3.55. The lowest BCUT2D eigenvalue weighted by atomic mass is 10.2. The first-order chi connectivity index (χ1) is 13.9. The first-order valence-corrected chi connectivity index (χ1v) is 9.97. The van der Waals surface area contributed by atoms with Gasteiger partial charge in [-0.1, -0.05) is 26.0 Å². The Morgan fingerprint density at radius 1 is 1.24 bits per heavy atom. The quantitative estimate of drug-likeness (QED) is 0.733. The van der Waals surface area contributed by atoms with E-state index in [-0.39, 0.29) is 37.6 Å². The van der Waals surface area contributed by atoms with E-state index in [1.165, 1.54) is 12.1 Å². The van der Waals surface area contributed by atoms with E-state index < -0.39 is 0 Å². The van der Waals surface area contributed by atoms with Gasteiger partial charge in [-0.05, 0) is 35.7 Å². The molecule has 1 fully saturated rings. The minimum Gasteiger partial charge on any atom is -0.462 e. The number of nitrogens with zero attached hydrogens (tertiary/aromatic N) is 2. The van der Waals surface area contributed by atoms with Crippen molar-refractivity contribution >= 4 is 5.91 Å². The number of hydrogen-bond acceptors (Lipinski definition) is 5. The molecule has 1 aromatic heterocycles. The van der Waals surface area contributed by atoms with Gasteiger partial charge in [-0.3, -0.25) is 9.69 Å². The number of ether oxygens (including phenoxy) is 1. The van der Waals surface area contributed by atoms with Gasteiger partial charge < -0.3 is 19.2 Å². The van der Waals surface area contributed by atoms with E-state index >= 15 is 0 Å². The van der Waals surface area contributed by atoms with Crippen LogP contribution in [0.2, 0.25) is 0 Å². The molecule has 1 atom stereocenters. The van der Waals surface area contributed by atoms with Gasteiger partial charge in [0, 0.05) is 19.6 Å². The van der Waals surface area contributed by atoms with Crippen LogP contribution in [0.5, 0.6) is 0 Å². The molecule has 1 aliphatic heterocycles. The normalized spacial score (nSPS) is 18.4. The zero-order valence-electron chi connectivity index (χ0n) is 17.0. The van der Waals surface area contributed by atoms with E-state index in [4.69, 9.17) is 9.15 Å². The molecular weight excluding hydrogens is 375 g/mol. The van der Waals surface area contributed by atoms with Crippen LogP contribution < -0.4 is 0 Å². The Morgan fingerprint density at radius 3 is 2.72 bits per heavy atom. The van der Waals surface area contributed by atoms with Crippen molar-refractivity contribution in [3.63, 3.8) is 0 Å². The molecule has 1 saturated heterocycles. The molecule has 2 aromatic rings. The van der Waals surface area contributed by atoms with Crippen LogP contribution in [0.1, 0.15) is 30.9 Å². The second-order valence-electron chi connectivity index (χ2n) is 7.95. The van der Waals surface area contributed by atoms with Gasteiger partial charge in [-0.25, -0.2) is 4.39 Å². The van der Waals surface area contributed by atoms with Gasteiger partial charge in [-0.15, -0.1) is 0 Å². The molecule has 1 N–H and O–H groups in total. The molecule has 2 heterocycles. The average molecular weight is 404 g/mol. The second kappa shape index (κ2) is 10.0. The topological polar surface area (TPSA) is 66.2 Å². The maximum absolute atomic E-state index is 13.4. The Morgan fingerprint density at radius 2 is 2.03 bits per heavy atom. The number of carbonyl (C=O) groups excluding carboxylic acids is 1. The third-order valence-electron chi connectivity index (χ3n) is 4.81.